The third kappa shape index (κ3) is 2.50. The van der Waals surface area contributed by atoms with Gasteiger partial charge in [-0.2, -0.15) is 0 Å². The third-order valence-electron chi connectivity index (χ3n) is 2.47. The molecule has 0 aliphatic rings. The van der Waals surface area contributed by atoms with Crippen LogP contribution in [0.4, 0.5) is 15.9 Å². The number of aromatic nitrogens is 2. The van der Waals surface area contributed by atoms with Gasteiger partial charge in [0.25, 0.3) is 0 Å². The summed E-state index contributed by atoms with van der Waals surface area (Å²) in [4.78, 5) is 7.80. The van der Waals surface area contributed by atoms with Crippen molar-refractivity contribution in [2.75, 3.05) is 11.1 Å². The molecule has 5 heteroatoms. The number of nitrogens with zero attached hydrogens (tertiary/aromatic N) is 2. The molecule has 2 aromatic rings. The fraction of sp³-hybridized carbons (Fsp3) is 0.167. The normalized spacial score (nSPS) is 12.1. The molecule has 0 amide bonds. The van der Waals surface area contributed by atoms with E-state index in [4.69, 9.17) is 5.73 Å². The summed E-state index contributed by atoms with van der Waals surface area (Å²) in [5.41, 5.74) is 6.72. The second-order valence-corrected chi connectivity index (χ2v) is 3.71. The van der Waals surface area contributed by atoms with Crippen LogP contribution in [0.1, 0.15) is 18.5 Å². The van der Waals surface area contributed by atoms with E-state index >= 15 is 0 Å². The van der Waals surface area contributed by atoms with Gasteiger partial charge in [0.15, 0.2) is 5.82 Å². The molecule has 4 nitrogen and oxygen atoms in total. The van der Waals surface area contributed by atoms with Gasteiger partial charge < -0.3 is 11.1 Å². The Hall–Kier alpha value is -2.17. The first-order chi connectivity index (χ1) is 8.18. The minimum absolute atomic E-state index is 0.214. The average Bonchev–Trinajstić information content (AvgIpc) is 2.32. The lowest BCUT2D eigenvalue weighted by Crippen LogP contribution is -2.11. The van der Waals surface area contributed by atoms with Crippen LogP contribution in [0, 0.1) is 5.82 Å². The zero-order valence-electron chi connectivity index (χ0n) is 9.39. The molecule has 0 bridgehead atoms. The molecule has 0 aliphatic heterocycles. The van der Waals surface area contributed by atoms with Crippen molar-refractivity contribution in [2.24, 2.45) is 0 Å². The topological polar surface area (TPSA) is 63.8 Å². The number of nitrogens with one attached hydrogen (secondary N) is 1. The average molecular weight is 232 g/mol. The molecular weight excluding hydrogens is 219 g/mol. The Balaban J connectivity index is 2.20. The number of nitrogen functional groups attached to an aromatic ring is 1. The molecule has 2 rings (SSSR count). The van der Waals surface area contributed by atoms with Crippen molar-refractivity contribution in [3.8, 4) is 0 Å². The van der Waals surface area contributed by atoms with Crippen LogP contribution in [-0.4, -0.2) is 9.97 Å². The highest BCUT2D eigenvalue weighted by atomic mass is 19.1. The summed E-state index contributed by atoms with van der Waals surface area (Å²) in [7, 11) is 0. The van der Waals surface area contributed by atoms with Crippen molar-refractivity contribution in [3.63, 3.8) is 0 Å². The molecule has 3 N–H and O–H groups in total. The Morgan fingerprint density at radius 1 is 1.35 bits per heavy atom. The van der Waals surface area contributed by atoms with E-state index in [1.807, 2.05) is 6.92 Å². The number of rotatable bonds is 3. The number of anilines is 2. The Morgan fingerprint density at radius 2 is 2.12 bits per heavy atom. The second kappa shape index (κ2) is 4.78. The molecule has 0 saturated carbocycles. The summed E-state index contributed by atoms with van der Waals surface area (Å²) in [6.07, 6.45) is 2.90. The summed E-state index contributed by atoms with van der Waals surface area (Å²) in [6.45, 7) is 1.85. The van der Waals surface area contributed by atoms with Gasteiger partial charge in [-0.05, 0) is 13.0 Å². The minimum atomic E-state index is -0.250. The van der Waals surface area contributed by atoms with Gasteiger partial charge in [0.05, 0.1) is 17.9 Å². The predicted octanol–water partition coefficient (Wildman–Crippen LogP) is 2.37. The third-order valence-corrected chi connectivity index (χ3v) is 2.47. The van der Waals surface area contributed by atoms with Gasteiger partial charge in [-0.1, -0.05) is 18.2 Å². The first-order valence-electron chi connectivity index (χ1n) is 5.25. The van der Waals surface area contributed by atoms with Crippen molar-refractivity contribution in [1.82, 2.24) is 9.97 Å². The fourth-order valence-corrected chi connectivity index (χ4v) is 1.57. The fourth-order valence-electron chi connectivity index (χ4n) is 1.57. The molecule has 0 aliphatic carbocycles. The molecule has 0 fully saturated rings. The van der Waals surface area contributed by atoms with Crippen LogP contribution in [0.5, 0.6) is 0 Å². The summed E-state index contributed by atoms with van der Waals surface area (Å²) in [6, 6.07) is 6.39. The van der Waals surface area contributed by atoms with E-state index in [1.165, 1.54) is 18.6 Å². The van der Waals surface area contributed by atoms with Crippen LogP contribution in [0.15, 0.2) is 36.8 Å². The molecule has 0 spiro atoms. The Kier molecular flexibility index (Phi) is 3.18. The molecule has 1 aromatic heterocycles. The van der Waals surface area contributed by atoms with Crippen LogP contribution < -0.4 is 11.1 Å². The molecule has 1 unspecified atom stereocenters. The first kappa shape index (κ1) is 11.3. The van der Waals surface area contributed by atoms with E-state index in [-0.39, 0.29) is 11.9 Å². The van der Waals surface area contributed by atoms with E-state index in [9.17, 15) is 4.39 Å². The van der Waals surface area contributed by atoms with Crippen molar-refractivity contribution in [1.29, 1.82) is 0 Å². The van der Waals surface area contributed by atoms with Gasteiger partial charge >= 0.3 is 0 Å². The van der Waals surface area contributed by atoms with Crippen molar-refractivity contribution >= 4 is 11.5 Å². The van der Waals surface area contributed by atoms with Crippen LogP contribution in [-0.2, 0) is 0 Å². The maximum Gasteiger partial charge on any atom is 0.153 e. The molecule has 0 radical (unpaired) electrons. The highest BCUT2D eigenvalue weighted by Crippen LogP contribution is 2.22. The van der Waals surface area contributed by atoms with Gasteiger partial charge in [-0.15, -0.1) is 0 Å². The van der Waals surface area contributed by atoms with Gasteiger partial charge in [0.2, 0.25) is 0 Å². The number of hydrogen-bond donors (Lipinski definition) is 2. The molecule has 1 aromatic carbocycles. The number of benzene rings is 1. The quantitative estimate of drug-likeness (QED) is 0.852. The van der Waals surface area contributed by atoms with Crippen LogP contribution in [0.3, 0.4) is 0 Å². The molecule has 0 saturated heterocycles. The zero-order valence-corrected chi connectivity index (χ0v) is 9.39. The summed E-state index contributed by atoms with van der Waals surface area (Å²) in [5.74, 6) is 0.260. The molecular formula is C12H13FN4. The highest BCUT2D eigenvalue weighted by molar-refractivity contribution is 5.59. The van der Waals surface area contributed by atoms with Gasteiger partial charge in [0.1, 0.15) is 12.1 Å². The van der Waals surface area contributed by atoms with Crippen LogP contribution >= 0.6 is 0 Å². The Labute approximate surface area is 98.7 Å². The van der Waals surface area contributed by atoms with Gasteiger partial charge in [-0.3, -0.25) is 0 Å². The van der Waals surface area contributed by atoms with Crippen molar-refractivity contribution in [3.05, 3.63) is 48.2 Å². The van der Waals surface area contributed by atoms with Crippen molar-refractivity contribution in [2.45, 2.75) is 13.0 Å². The van der Waals surface area contributed by atoms with Crippen molar-refractivity contribution < 1.29 is 4.39 Å². The summed E-state index contributed by atoms with van der Waals surface area (Å²) in [5, 5.41) is 3.05. The van der Waals surface area contributed by atoms with E-state index in [1.54, 1.807) is 18.2 Å². The molecule has 17 heavy (non-hydrogen) atoms. The lowest BCUT2D eigenvalue weighted by Gasteiger charge is -2.16. The van der Waals surface area contributed by atoms with E-state index in [0.29, 0.717) is 17.1 Å². The van der Waals surface area contributed by atoms with Crippen LogP contribution in [0.2, 0.25) is 0 Å². The second-order valence-electron chi connectivity index (χ2n) is 3.71. The van der Waals surface area contributed by atoms with Crippen LogP contribution in [0.25, 0.3) is 0 Å². The lowest BCUT2D eigenvalue weighted by molar-refractivity contribution is 0.600. The van der Waals surface area contributed by atoms with Gasteiger partial charge in [-0.25, -0.2) is 14.4 Å². The molecule has 1 atom stereocenters. The SMILES string of the molecule is CC(Nc1ncncc1N)c1ccccc1F. The monoisotopic (exact) mass is 232 g/mol. The maximum atomic E-state index is 13.5. The Morgan fingerprint density at radius 3 is 2.82 bits per heavy atom. The zero-order chi connectivity index (χ0) is 12.3. The molecule has 1 heterocycles. The summed E-state index contributed by atoms with van der Waals surface area (Å²) < 4.78 is 13.5. The van der Waals surface area contributed by atoms with E-state index in [2.05, 4.69) is 15.3 Å². The lowest BCUT2D eigenvalue weighted by atomic mass is 10.1. The predicted molar refractivity (Wildman–Crippen MR) is 64.9 cm³/mol. The van der Waals surface area contributed by atoms with Gasteiger partial charge in [0, 0.05) is 5.56 Å². The number of nitrogens with two attached hydrogens (primary N) is 1. The summed E-state index contributed by atoms with van der Waals surface area (Å²) >= 11 is 0. The largest absolute Gasteiger partial charge is 0.394 e. The standard InChI is InChI=1S/C12H13FN4/c1-8(9-4-2-3-5-10(9)13)17-12-11(14)6-15-7-16-12/h2-8H,14H2,1H3,(H,15,16,17). The van der Waals surface area contributed by atoms with E-state index in [0.717, 1.165) is 0 Å². The number of hydrogen-bond acceptors (Lipinski definition) is 4. The first-order valence-corrected chi connectivity index (χ1v) is 5.25. The maximum absolute atomic E-state index is 13.5. The molecule has 88 valence electrons. The Bertz CT molecular complexity index is 515. The van der Waals surface area contributed by atoms with E-state index < -0.39 is 0 Å². The smallest absolute Gasteiger partial charge is 0.153 e. The highest BCUT2D eigenvalue weighted by Gasteiger charge is 2.11. The number of halogens is 1. The minimum Gasteiger partial charge on any atom is -0.394 e.